The maximum atomic E-state index is 14.4. The molecule has 1 aromatic heterocycles. The van der Waals surface area contributed by atoms with E-state index in [2.05, 4.69) is 22.3 Å². The maximum absolute atomic E-state index is 14.4. The predicted octanol–water partition coefficient (Wildman–Crippen LogP) is 4.17. The van der Waals surface area contributed by atoms with Crippen molar-refractivity contribution in [3.8, 4) is 5.69 Å². The summed E-state index contributed by atoms with van der Waals surface area (Å²) in [6, 6.07) is 14.2. The summed E-state index contributed by atoms with van der Waals surface area (Å²) in [5.74, 6) is -0.748. The van der Waals surface area contributed by atoms with E-state index in [1.54, 1.807) is 12.1 Å². The summed E-state index contributed by atoms with van der Waals surface area (Å²) in [4.78, 5) is 16.7. The van der Waals surface area contributed by atoms with Gasteiger partial charge in [-0.2, -0.15) is 5.10 Å². The van der Waals surface area contributed by atoms with Crippen LogP contribution in [0.15, 0.2) is 61.2 Å². The number of rotatable bonds is 6. The van der Waals surface area contributed by atoms with E-state index in [9.17, 15) is 9.18 Å². The Morgan fingerprint density at radius 2 is 2.00 bits per heavy atom. The summed E-state index contributed by atoms with van der Waals surface area (Å²) in [6.07, 6.45) is 3.63. The molecule has 1 amide bonds. The molecule has 134 valence electrons. The van der Waals surface area contributed by atoms with Crippen LogP contribution in [0.4, 0.5) is 10.1 Å². The van der Waals surface area contributed by atoms with Crippen LogP contribution in [0, 0.1) is 11.7 Å². The monoisotopic (exact) mass is 352 g/mol. The fourth-order valence-corrected chi connectivity index (χ4v) is 2.96. The second kappa shape index (κ2) is 7.91. The number of benzene rings is 2. The van der Waals surface area contributed by atoms with Crippen LogP contribution in [0.3, 0.4) is 0 Å². The Hall–Kier alpha value is -3.02. The molecule has 6 heteroatoms. The van der Waals surface area contributed by atoms with E-state index in [4.69, 9.17) is 0 Å². The lowest BCUT2D eigenvalue weighted by atomic mass is 9.85. The van der Waals surface area contributed by atoms with Crippen LogP contribution in [-0.2, 0) is 4.79 Å². The van der Waals surface area contributed by atoms with Crippen molar-refractivity contribution < 1.29 is 9.18 Å². The number of aromatic nitrogens is 3. The summed E-state index contributed by atoms with van der Waals surface area (Å²) in [7, 11) is 0. The molecule has 3 rings (SSSR count). The van der Waals surface area contributed by atoms with Crippen LogP contribution in [0.2, 0.25) is 0 Å². The smallest absolute Gasteiger partial charge is 0.232 e. The molecular weight excluding hydrogens is 331 g/mol. The highest BCUT2D eigenvalue weighted by Crippen LogP contribution is 2.29. The number of nitrogens with zero attached hydrogens (tertiary/aromatic N) is 3. The van der Waals surface area contributed by atoms with Crippen LogP contribution in [0.25, 0.3) is 5.69 Å². The van der Waals surface area contributed by atoms with E-state index in [1.165, 1.54) is 23.4 Å². The van der Waals surface area contributed by atoms with Gasteiger partial charge in [0.1, 0.15) is 18.3 Å². The lowest BCUT2D eigenvalue weighted by molar-refractivity contribution is -0.118. The summed E-state index contributed by atoms with van der Waals surface area (Å²) in [6.45, 7) is 4.10. The summed E-state index contributed by atoms with van der Waals surface area (Å²) >= 11 is 0. The zero-order chi connectivity index (χ0) is 18.5. The Balaban J connectivity index is 1.82. The van der Waals surface area contributed by atoms with E-state index in [0.29, 0.717) is 5.69 Å². The van der Waals surface area contributed by atoms with Crippen LogP contribution in [-0.4, -0.2) is 20.7 Å². The van der Waals surface area contributed by atoms with Gasteiger partial charge in [-0.1, -0.05) is 50.6 Å². The van der Waals surface area contributed by atoms with E-state index in [1.807, 2.05) is 37.3 Å². The second-order valence-corrected chi connectivity index (χ2v) is 6.27. The molecule has 2 atom stereocenters. The van der Waals surface area contributed by atoms with Crippen molar-refractivity contribution in [2.75, 3.05) is 5.32 Å². The first-order valence-electron chi connectivity index (χ1n) is 8.60. The third-order valence-electron chi connectivity index (χ3n) is 4.53. The molecule has 2 unspecified atom stereocenters. The minimum absolute atomic E-state index is 0.140. The van der Waals surface area contributed by atoms with E-state index >= 15 is 0 Å². The Morgan fingerprint density at radius 3 is 2.62 bits per heavy atom. The lowest BCUT2D eigenvalue weighted by Crippen LogP contribution is -2.26. The Bertz CT molecular complexity index is 865. The third-order valence-corrected chi connectivity index (χ3v) is 4.53. The third kappa shape index (κ3) is 3.79. The number of carbonyl (C=O) groups excluding carboxylic acids is 1. The topological polar surface area (TPSA) is 59.8 Å². The number of hydrogen-bond acceptors (Lipinski definition) is 3. The van der Waals surface area contributed by atoms with Gasteiger partial charge < -0.3 is 5.32 Å². The second-order valence-electron chi connectivity index (χ2n) is 6.27. The van der Waals surface area contributed by atoms with Crippen LogP contribution in [0.5, 0.6) is 0 Å². The molecule has 26 heavy (non-hydrogen) atoms. The molecule has 0 aliphatic rings. The van der Waals surface area contributed by atoms with Crippen molar-refractivity contribution in [3.05, 3.63) is 72.6 Å². The molecule has 1 N–H and O–H groups in total. The first-order valence-corrected chi connectivity index (χ1v) is 8.60. The molecule has 0 saturated carbocycles. The number of nitrogens with one attached hydrogen (secondary N) is 1. The van der Waals surface area contributed by atoms with E-state index < -0.39 is 5.82 Å². The van der Waals surface area contributed by atoms with Gasteiger partial charge in [-0.3, -0.25) is 4.79 Å². The number of halogens is 1. The van der Waals surface area contributed by atoms with Gasteiger partial charge in [0.15, 0.2) is 5.82 Å². The molecule has 0 saturated heterocycles. The summed E-state index contributed by atoms with van der Waals surface area (Å²) < 4.78 is 15.7. The van der Waals surface area contributed by atoms with Gasteiger partial charge in [-0.15, -0.1) is 0 Å². The quantitative estimate of drug-likeness (QED) is 0.724. The van der Waals surface area contributed by atoms with Crippen molar-refractivity contribution in [2.45, 2.75) is 26.2 Å². The zero-order valence-electron chi connectivity index (χ0n) is 14.8. The van der Waals surface area contributed by atoms with Gasteiger partial charge in [0.05, 0.1) is 5.92 Å². The highest BCUT2D eigenvalue weighted by molar-refractivity contribution is 5.96. The van der Waals surface area contributed by atoms with Crippen LogP contribution >= 0.6 is 0 Å². The fraction of sp³-hybridized carbons (Fsp3) is 0.250. The fourth-order valence-electron chi connectivity index (χ4n) is 2.96. The molecular formula is C20H21FN4O. The van der Waals surface area contributed by atoms with Crippen molar-refractivity contribution in [3.63, 3.8) is 0 Å². The number of anilines is 1. The normalized spacial score (nSPS) is 13.2. The first kappa shape index (κ1) is 17.8. The SMILES string of the molecule is CCC(C)C(C(=O)Nc1ccc(-n2cncn2)c(F)c1)c1ccccc1. The van der Waals surface area contributed by atoms with Gasteiger partial charge in [0.2, 0.25) is 5.91 Å². The Kier molecular flexibility index (Phi) is 5.41. The number of amides is 1. The number of carbonyl (C=O) groups is 1. The van der Waals surface area contributed by atoms with Crippen molar-refractivity contribution in [1.82, 2.24) is 14.8 Å². The highest BCUT2D eigenvalue weighted by atomic mass is 19.1. The molecule has 1 heterocycles. The molecule has 0 aliphatic heterocycles. The molecule has 5 nitrogen and oxygen atoms in total. The van der Waals surface area contributed by atoms with Crippen molar-refractivity contribution >= 4 is 11.6 Å². The molecule has 2 aromatic carbocycles. The minimum Gasteiger partial charge on any atom is -0.325 e. The van der Waals surface area contributed by atoms with Gasteiger partial charge >= 0.3 is 0 Å². The standard InChI is InChI=1S/C20H21FN4O/c1-3-14(2)19(15-7-5-4-6-8-15)20(26)24-16-9-10-18(17(21)11-16)25-13-22-12-23-25/h4-14,19H,3H2,1-2H3,(H,24,26). The minimum atomic E-state index is -0.479. The van der Waals surface area contributed by atoms with E-state index in [-0.39, 0.29) is 23.4 Å². The molecule has 0 fully saturated rings. The Labute approximate surface area is 151 Å². The Morgan fingerprint density at radius 1 is 1.23 bits per heavy atom. The average molecular weight is 352 g/mol. The van der Waals surface area contributed by atoms with Gasteiger partial charge in [-0.05, 0) is 29.7 Å². The number of hydrogen-bond donors (Lipinski definition) is 1. The molecule has 0 radical (unpaired) electrons. The van der Waals surface area contributed by atoms with Crippen molar-refractivity contribution in [1.29, 1.82) is 0 Å². The van der Waals surface area contributed by atoms with E-state index in [0.717, 1.165) is 12.0 Å². The summed E-state index contributed by atoms with van der Waals surface area (Å²) in [5, 5.41) is 6.76. The largest absolute Gasteiger partial charge is 0.325 e. The molecule has 0 bridgehead atoms. The first-order chi connectivity index (χ1) is 12.6. The lowest BCUT2D eigenvalue weighted by Gasteiger charge is -2.23. The van der Waals surface area contributed by atoms with Crippen LogP contribution < -0.4 is 5.32 Å². The van der Waals surface area contributed by atoms with Crippen molar-refractivity contribution in [2.24, 2.45) is 5.92 Å². The molecule has 0 spiro atoms. The molecule has 3 aromatic rings. The van der Waals surface area contributed by atoms with Crippen LogP contribution in [0.1, 0.15) is 31.7 Å². The van der Waals surface area contributed by atoms with Gasteiger partial charge in [0.25, 0.3) is 0 Å². The maximum Gasteiger partial charge on any atom is 0.232 e. The molecule has 0 aliphatic carbocycles. The van der Waals surface area contributed by atoms with Gasteiger partial charge in [-0.25, -0.2) is 14.1 Å². The summed E-state index contributed by atoms with van der Waals surface area (Å²) in [5.41, 5.74) is 1.65. The average Bonchev–Trinajstić information content (AvgIpc) is 3.17. The zero-order valence-corrected chi connectivity index (χ0v) is 14.8. The predicted molar refractivity (Wildman–Crippen MR) is 98.6 cm³/mol. The highest BCUT2D eigenvalue weighted by Gasteiger charge is 2.26. The van der Waals surface area contributed by atoms with Gasteiger partial charge in [0, 0.05) is 5.69 Å².